The van der Waals surface area contributed by atoms with Gasteiger partial charge >= 0.3 is 5.97 Å². The number of alkyl halides is 1. The maximum atomic E-state index is 13.8. The van der Waals surface area contributed by atoms with Gasteiger partial charge in [0.15, 0.2) is 0 Å². The van der Waals surface area contributed by atoms with Crippen molar-refractivity contribution in [2.75, 3.05) is 7.11 Å². The molecule has 0 aliphatic carbocycles. The van der Waals surface area contributed by atoms with E-state index in [0.29, 0.717) is 17.5 Å². The summed E-state index contributed by atoms with van der Waals surface area (Å²) in [7, 11) is 1.26. The van der Waals surface area contributed by atoms with Crippen molar-refractivity contribution in [1.82, 2.24) is 0 Å². The molecule has 0 N–H and O–H groups in total. The molecule has 3 unspecified atom stereocenters. The first-order chi connectivity index (χ1) is 9.90. The molecule has 3 atom stereocenters. The van der Waals surface area contributed by atoms with Crippen LogP contribution in [0.15, 0.2) is 18.2 Å². The Hall–Kier alpha value is -1.27. The van der Waals surface area contributed by atoms with Crippen molar-refractivity contribution < 1.29 is 22.7 Å². The van der Waals surface area contributed by atoms with Crippen LogP contribution in [0.4, 0.5) is 4.39 Å². The maximum Gasteiger partial charge on any atom is 0.337 e. The van der Waals surface area contributed by atoms with E-state index in [0.717, 1.165) is 6.42 Å². The van der Waals surface area contributed by atoms with Crippen LogP contribution in [0.1, 0.15) is 54.1 Å². The van der Waals surface area contributed by atoms with E-state index >= 15 is 0 Å². The number of esters is 1. The van der Waals surface area contributed by atoms with Gasteiger partial charge in [-0.15, -0.1) is 0 Å². The number of ether oxygens (including phenoxy) is 1. The Morgan fingerprint density at radius 3 is 2.62 bits per heavy atom. The van der Waals surface area contributed by atoms with E-state index in [1.807, 2.05) is 6.92 Å². The Kier molecular flexibility index (Phi) is 6.98. The molecule has 1 aromatic carbocycles. The largest absolute Gasteiger partial charge is 0.772 e. The van der Waals surface area contributed by atoms with Gasteiger partial charge in [-0.2, -0.15) is 0 Å². The molecule has 118 valence electrons. The van der Waals surface area contributed by atoms with Crippen LogP contribution >= 0.6 is 0 Å². The smallest absolute Gasteiger partial charge is 0.337 e. The first-order valence-corrected chi connectivity index (χ1v) is 8.06. The summed E-state index contributed by atoms with van der Waals surface area (Å²) in [6, 6.07) is 4.65. The lowest BCUT2D eigenvalue weighted by Crippen LogP contribution is -2.14. The van der Waals surface area contributed by atoms with Crippen LogP contribution in [0.2, 0.25) is 0 Å². The predicted molar refractivity (Wildman–Crippen MR) is 78.6 cm³/mol. The van der Waals surface area contributed by atoms with E-state index in [1.54, 1.807) is 12.1 Å². The van der Waals surface area contributed by atoms with Gasteiger partial charge in [0, 0.05) is 11.7 Å². The van der Waals surface area contributed by atoms with E-state index < -0.39 is 23.2 Å². The standard InChI is InChI=1S/C15H21FO4S/c1-4-5-13(10(2)16)14-7-6-11(15(17)20-3)8-12(14)9-21(18)19/h6-8,10,13H,4-5,9H2,1-3H3,(H,18,19)/p-1. The highest BCUT2D eigenvalue weighted by molar-refractivity contribution is 7.78. The maximum absolute atomic E-state index is 13.8. The fourth-order valence-electron chi connectivity index (χ4n) is 2.41. The van der Waals surface area contributed by atoms with Gasteiger partial charge < -0.3 is 9.29 Å². The predicted octanol–water partition coefficient (Wildman–Crippen LogP) is 3.09. The normalized spacial score (nSPS) is 15.3. The highest BCUT2D eigenvalue weighted by Gasteiger charge is 2.22. The van der Waals surface area contributed by atoms with Gasteiger partial charge in [-0.05, 0) is 36.6 Å². The van der Waals surface area contributed by atoms with Crippen molar-refractivity contribution in [1.29, 1.82) is 0 Å². The van der Waals surface area contributed by atoms with Crippen molar-refractivity contribution >= 4 is 17.0 Å². The summed E-state index contributed by atoms with van der Waals surface area (Å²) in [4.78, 5) is 11.5. The number of benzene rings is 1. The molecule has 0 heterocycles. The van der Waals surface area contributed by atoms with Crippen molar-refractivity contribution in [3.63, 3.8) is 0 Å². The molecule has 21 heavy (non-hydrogen) atoms. The van der Waals surface area contributed by atoms with Crippen molar-refractivity contribution in [3.8, 4) is 0 Å². The molecule has 0 fully saturated rings. The van der Waals surface area contributed by atoms with Crippen LogP contribution in [-0.2, 0) is 21.6 Å². The fourth-order valence-corrected chi connectivity index (χ4v) is 2.91. The van der Waals surface area contributed by atoms with Crippen LogP contribution in [0.3, 0.4) is 0 Å². The highest BCUT2D eigenvalue weighted by atomic mass is 32.2. The molecule has 0 saturated carbocycles. The average Bonchev–Trinajstić information content (AvgIpc) is 2.43. The molecule has 1 rings (SSSR count). The minimum absolute atomic E-state index is 0.243. The minimum Gasteiger partial charge on any atom is -0.772 e. The molecule has 0 amide bonds. The molecule has 0 aromatic heterocycles. The van der Waals surface area contributed by atoms with Crippen molar-refractivity contribution in [2.45, 2.75) is 44.5 Å². The molecule has 4 nitrogen and oxygen atoms in total. The van der Waals surface area contributed by atoms with Crippen LogP contribution in [-0.4, -0.2) is 28.0 Å². The molecule has 0 bridgehead atoms. The van der Waals surface area contributed by atoms with Crippen LogP contribution in [0.5, 0.6) is 0 Å². The third-order valence-electron chi connectivity index (χ3n) is 3.39. The number of halogens is 1. The van der Waals surface area contributed by atoms with Gasteiger partial charge in [0.05, 0.1) is 12.7 Å². The zero-order valence-corrected chi connectivity index (χ0v) is 13.2. The quantitative estimate of drug-likeness (QED) is 0.573. The van der Waals surface area contributed by atoms with Gasteiger partial charge in [0.2, 0.25) is 0 Å². The molecule has 0 aliphatic heterocycles. The number of hydrogen-bond acceptors (Lipinski definition) is 4. The second-order valence-electron chi connectivity index (χ2n) is 4.93. The summed E-state index contributed by atoms with van der Waals surface area (Å²) in [5, 5.41) is 0. The third-order valence-corrected chi connectivity index (χ3v) is 3.94. The summed E-state index contributed by atoms with van der Waals surface area (Å²) in [5.74, 6) is -1.16. The van der Waals surface area contributed by atoms with E-state index in [1.165, 1.54) is 20.1 Å². The van der Waals surface area contributed by atoms with Crippen LogP contribution in [0, 0.1) is 0 Å². The fraction of sp³-hybridized carbons (Fsp3) is 0.533. The van der Waals surface area contributed by atoms with Gasteiger partial charge in [-0.25, -0.2) is 9.18 Å². The summed E-state index contributed by atoms with van der Waals surface area (Å²) in [6.45, 7) is 3.41. The lowest BCUT2D eigenvalue weighted by Gasteiger charge is -2.22. The third kappa shape index (κ3) is 4.89. The second kappa shape index (κ2) is 8.24. The molecule has 6 heteroatoms. The zero-order chi connectivity index (χ0) is 16.0. The first-order valence-electron chi connectivity index (χ1n) is 6.81. The van der Waals surface area contributed by atoms with Gasteiger partial charge in [-0.3, -0.25) is 4.21 Å². The summed E-state index contributed by atoms with van der Waals surface area (Å²) in [5.41, 5.74) is 1.36. The first kappa shape index (κ1) is 17.8. The topological polar surface area (TPSA) is 66.4 Å². The average molecular weight is 315 g/mol. The zero-order valence-electron chi connectivity index (χ0n) is 12.4. The van der Waals surface area contributed by atoms with Crippen LogP contribution in [0.25, 0.3) is 0 Å². The SMILES string of the molecule is CCCC(c1ccc(C(=O)OC)cc1CS(=O)[O-])C(C)F. The van der Waals surface area contributed by atoms with E-state index in [4.69, 9.17) is 0 Å². The Morgan fingerprint density at radius 1 is 1.48 bits per heavy atom. The summed E-state index contributed by atoms with van der Waals surface area (Å²) < 4.78 is 40.5. The molecular weight excluding hydrogens is 295 g/mol. The minimum atomic E-state index is -2.31. The lowest BCUT2D eigenvalue weighted by atomic mass is 9.87. The highest BCUT2D eigenvalue weighted by Crippen LogP contribution is 2.31. The van der Waals surface area contributed by atoms with Gasteiger partial charge in [-0.1, -0.05) is 30.5 Å². The monoisotopic (exact) mass is 315 g/mol. The second-order valence-corrected chi connectivity index (χ2v) is 5.82. The van der Waals surface area contributed by atoms with E-state index in [2.05, 4.69) is 4.74 Å². The number of methoxy groups -OCH3 is 1. The Bertz CT molecular complexity index is 516. The number of rotatable bonds is 7. The van der Waals surface area contributed by atoms with E-state index in [-0.39, 0.29) is 17.2 Å². The summed E-state index contributed by atoms with van der Waals surface area (Å²) in [6.07, 6.45) is 0.318. The van der Waals surface area contributed by atoms with Crippen LogP contribution < -0.4 is 0 Å². The van der Waals surface area contributed by atoms with Crippen molar-refractivity contribution in [2.24, 2.45) is 0 Å². The lowest BCUT2D eigenvalue weighted by molar-refractivity contribution is 0.0600. The molecule has 0 aliphatic rings. The molecule has 0 saturated heterocycles. The molecule has 1 aromatic rings. The van der Waals surface area contributed by atoms with E-state index in [9.17, 15) is 17.9 Å². The van der Waals surface area contributed by atoms with Gasteiger partial charge in [0.1, 0.15) is 6.17 Å². The van der Waals surface area contributed by atoms with Gasteiger partial charge in [0.25, 0.3) is 0 Å². The number of carbonyl (C=O) groups is 1. The molecule has 0 radical (unpaired) electrons. The number of carbonyl (C=O) groups excluding carboxylic acids is 1. The Morgan fingerprint density at radius 2 is 2.14 bits per heavy atom. The Balaban J connectivity index is 3.28. The molecule has 0 spiro atoms. The number of hydrogen-bond donors (Lipinski definition) is 0. The Labute approximate surface area is 127 Å². The summed E-state index contributed by atoms with van der Waals surface area (Å²) >= 11 is -2.31. The molecular formula is C15H20FO4S-. The van der Waals surface area contributed by atoms with Crippen molar-refractivity contribution in [3.05, 3.63) is 34.9 Å².